The molecule has 1 heterocycles. The number of hydrogen-bond acceptors (Lipinski definition) is 5. The van der Waals surface area contributed by atoms with Gasteiger partial charge in [0.1, 0.15) is 0 Å². The largest absolute Gasteiger partial charge is 0.493 e. The van der Waals surface area contributed by atoms with Gasteiger partial charge in [-0.2, -0.15) is 0 Å². The third kappa shape index (κ3) is 5.09. The lowest BCUT2D eigenvalue weighted by molar-refractivity contribution is -0.137. The van der Waals surface area contributed by atoms with E-state index in [-0.39, 0.29) is 17.9 Å². The number of ether oxygens (including phenoxy) is 2. The molecule has 1 saturated carbocycles. The summed E-state index contributed by atoms with van der Waals surface area (Å²) >= 11 is 0. The second-order valence-electron chi connectivity index (χ2n) is 8.79. The summed E-state index contributed by atoms with van der Waals surface area (Å²) in [6.07, 6.45) is 8.03. The van der Waals surface area contributed by atoms with Gasteiger partial charge < -0.3 is 19.9 Å². The number of piperidine rings is 1. The first kappa shape index (κ1) is 22.9. The lowest BCUT2D eigenvalue weighted by atomic mass is 9.66. The van der Waals surface area contributed by atoms with Crippen molar-refractivity contribution in [3.63, 3.8) is 0 Å². The fraction of sp³-hybridized carbons (Fsp3) is 0.708. The molecule has 0 bridgehead atoms. The van der Waals surface area contributed by atoms with Crippen LogP contribution in [0.25, 0.3) is 0 Å². The fourth-order valence-electron chi connectivity index (χ4n) is 5.24. The van der Waals surface area contributed by atoms with Gasteiger partial charge in [0.05, 0.1) is 26.4 Å². The van der Waals surface area contributed by atoms with E-state index in [9.17, 15) is 9.90 Å². The van der Waals surface area contributed by atoms with Crippen molar-refractivity contribution < 1.29 is 19.4 Å². The van der Waals surface area contributed by atoms with Crippen molar-refractivity contribution in [2.75, 3.05) is 33.9 Å². The fourth-order valence-corrected chi connectivity index (χ4v) is 5.24. The Morgan fingerprint density at radius 1 is 1.20 bits per heavy atom. The third-order valence-electron chi connectivity index (χ3n) is 6.87. The molecule has 1 aliphatic heterocycles. The number of hydrogen-bond donors (Lipinski definition) is 2. The van der Waals surface area contributed by atoms with Crippen LogP contribution in [0, 0.1) is 5.92 Å². The van der Waals surface area contributed by atoms with Crippen molar-refractivity contribution in [3.8, 4) is 11.5 Å². The van der Waals surface area contributed by atoms with Crippen molar-refractivity contribution in [3.05, 3.63) is 23.8 Å². The molecule has 6 nitrogen and oxygen atoms in total. The van der Waals surface area contributed by atoms with Gasteiger partial charge in [-0.1, -0.05) is 38.7 Å². The monoisotopic (exact) mass is 418 g/mol. The van der Waals surface area contributed by atoms with Crippen molar-refractivity contribution in [2.24, 2.45) is 5.92 Å². The highest BCUT2D eigenvalue weighted by Crippen LogP contribution is 2.50. The van der Waals surface area contributed by atoms with Crippen molar-refractivity contribution in [2.45, 2.75) is 69.9 Å². The zero-order valence-corrected chi connectivity index (χ0v) is 18.8. The lowest BCUT2D eigenvalue weighted by Crippen LogP contribution is -2.56. The lowest BCUT2D eigenvalue weighted by Gasteiger charge is -2.52. The molecule has 0 aromatic heterocycles. The number of likely N-dealkylation sites (tertiary alicyclic amines) is 1. The standard InChI is InChI=1S/C24H38N2O4/c1-4-5-8-14-25-22(27)17-26-15-13-24(28)12-7-6-9-19(24)23(26)18-10-11-20(29-2)21(16-18)30-3/h10-11,16,19,23,28H,4-9,12-15,17H2,1-3H3,(H,25,27). The van der Waals surface area contributed by atoms with Gasteiger partial charge in [0.25, 0.3) is 0 Å². The number of nitrogens with one attached hydrogen (secondary N) is 1. The molecular weight excluding hydrogens is 380 g/mol. The first-order valence-corrected chi connectivity index (χ1v) is 11.5. The molecule has 6 heteroatoms. The van der Waals surface area contributed by atoms with Gasteiger partial charge in [0.2, 0.25) is 5.91 Å². The zero-order valence-electron chi connectivity index (χ0n) is 18.8. The minimum absolute atomic E-state index is 0.00903. The van der Waals surface area contributed by atoms with Crippen LogP contribution in [-0.4, -0.2) is 55.4 Å². The van der Waals surface area contributed by atoms with E-state index in [1.807, 2.05) is 12.1 Å². The smallest absolute Gasteiger partial charge is 0.234 e. The zero-order chi connectivity index (χ0) is 21.6. The molecule has 30 heavy (non-hydrogen) atoms. The van der Waals surface area contributed by atoms with Gasteiger partial charge in [-0.25, -0.2) is 0 Å². The van der Waals surface area contributed by atoms with E-state index >= 15 is 0 Å². The average Bonchev–Trinajstić information content (AvgIpc) is 2.76. The minimum atomic E-state index is -0.649. The summed E-state index contributed by atoms with van der Waals surface area (Å²) in [5.41, 5.74) is 0.431. The Kier molecular flexibility index (Phi) is 8.00. The Bertz CT molecular complexity index is 710. The Morgan fingerprint density at radius 3 is 2.73 bits per heavy atom. The van der Waals surface area contributed by atoms with Crippen LogP contribution in [0.5, 0.6) is 11.5 Å². The molecule has 1 aliphatic carbocycles. The third-order valence-corrected chi connectivity index (χ3v) is 6.87. The van der Waals surface area contributed by atoms with Crippen LogP contribution in [0.15, 0.2) is 18.2 Å². The maximum atomic E-state index is 12.7. The molecule has 168 valence electrons. The summed E-state index contributed by atoms with van der Waals surface area (Å²) in [7, 11) is 3.27. The molecule has 3 rings (SSSR count). The first-order chi connectivity index (χ1) is 14.5. The van der Waals surface area contributed by atoms with Crippen LogP contribution >= 0.6 is 0 Å². The van der Waals surface area contributed by atoms with E-state index in [2.05, 4.69) is 23.2 Å². The molecule has 2 aliphatic rings. The number of rotatable bonds is 9. The molecule has 1 aromatic rings. The average molecular weight is 419 g/mol. The summed E-state index contributed by atoms with van der Waals surface area (Å²) in [6.45, 7) is 3.97. The number of carbonyl (C=O) groups excluding carboxylic acids is 1. The second kappa shape index (κ2) is 10.5. The number of carbonyl (C=O) groups is 1. The molecule has 2 N–H and O–H groups in total. The number of aliphatic hydroxyl groups is 1. The topological polar surface area (TPSA) is 71.0 Å². The Balaban J connectivity index is 1.83. The maximum Gasteiger partial charge on any atom is 0.234 e. The number of nitrogens with zero attached hydrogens (tertiary/aromatic N) is 1. The quantitative estimate of drug-likeness (QED) is 0.599. The Labute approximate surface area is 180 Å². The molecule has 0 spiro atoms. The van der Waals surface area contributed by atoms with E-state index in [1.165, 1.54) is 0 Å². The van der Waals surface area contributed by atoms with Crippen LogP contribution in [0.3, 0.4) is 0 Å². The molecule has 1 amide bonds. The summed E-state index contributed by atoms with van der Waals surface area (Å²) in [6, 6.07) is 5.98. The van der Waals surface area contributed by atoms with Gasteiger partial charge in [0, 0.05) is 25.0 Å². The highest BCUT2D eigenvalue weighted by atomic mass is 16.5. The van der Waals surface area contributed by atoms with Crippen LogP contribution in [0.1, 0.15) is 69.9 Å². The van der Waals surface area contributed by atoms with Crippen molar-refractivity contribution in [1.29, 1.82) is 0 Å². The minimum Gasteiger partial charge on any atom is -0.493 e. The predicted molar refractivity (Wildman–Crippen MR) is 118 cm³/mol. The highest BCUT2D eigenvalue weighted by Gasteiger charge is 2.49. The number of fused-ring (bicyclic) bond motifs is 1. The van der Waals surface area contributed by atoms with E-state index in [1.54, 1.807) is 14.2 Å². The highest BCUT2D eigenvalue weighted by molar-refractivity contribution is 5.78. The molecular formula is C24H38N2O4. The number of unbranched alkanes of at least 4 members (excludes halogenated alkanes) is 2. The van der Waals surface area contributed by atoms with E-state index < -0.39 is 5.60 Å². The van der Waals surface area contributed by atoms with Crippen molar-refractivity contribution in [1.82, 2.24) is 10.2 Å². The summed E-state index contributed by atoms with van der Waals surface area (Å²) in [5.74, 6) is 1.56. The van der Waals surface area contributed by atoms with E-state index in [4.69, 9.17) is 9.47 Å². The SMILES string of the molecule is CCCCCNC(=O)CN1CCC2(O)CCCCC2C1c1ccc(OC)c(OC)c1. The number of amides is 1. The summed E-state index contributed by atoms with van der Waals surface area (Å²) in [4.78, 5) is 14.9. The molecule has 2 fully saturated rings. The summed E-state index contributed by atoms with van der Waals surface area (Å²) in [5, 5.41) is 14.5. The van der Waals surface area contributed by atoms with Crippen LogP contribution in [0.4, 0.5) is 0 Å². The van der Waals surface area contributed by atoms with Gasteiger partial charge in [-0.3, -0.25) is 9.69 Å². The maximum absolute atomic E-state index is 12.7. The number of benzene rings is 1. The molecule has 3 unspecified atom stereocenters. The predicted octanol–water partition coefficient (Wildman–Crippen LogP) is 3.68. The first-order valence-electron chi connectivity index (χ1n) is 11.5. The normalized spacial score (nSPS) is 26.7. The molecule has 1 aromatic carbocycles. The van der Waals surface area contributed by atoms with Crippen LogP contribution < -0.4 is 14.8 Å². The molecule has 3 atom stereocenters. The van der Waals surface area contributed by atoms with E-state index in [0.29, 0.717) is 24.6 Å². The Hall–Kier alpha value is -1.79. The molecule has 0 radical (unpaired) electrons. The van der Waals surface area contributed by atoms with Gasteiger partial charge in [0.15, 0.2) is 11.5 Å². The Morgan fingerprint density at radius 2 is 2.00 bits per heavy atom. The van der Waals surface area contributed by atoms with Gasteiger partial charge in [-0.05, 0) is 43.4 Å². The second-order valence-corrected chi connectivity index (χ2v) is 8.79. The van der Waals surface area contributed by atoms with E-state index in [0.717, 1.165) is 63.5 Å². The van der Waals surface area contributed by atoms with Gasteiger partial charge >= 0.3 is 0 Å². The number of methoxy groups -OCH3 is 2. The summed E-state index contributed by atoms with van der Waals surface area (Å²) < 4.78 is 10.9. The van der Waals surface area contributed by atoms with Crippen LogP contribution in [-0.2, 0) is 4.79 Å². The molecule has 1 saturated heterocycles. The van der Waals surface area contributed by atoms with Gasteiger partial charge in [-0.15, -0.1) is 0 Å². The van der Waals surface area contributed by atoms with Crippen molar-refractivity contribution >= 4 is 5.91 Å². The van der Waals surface area contributed by atoms with Crippen LogP contribution in [0.2, 0.25) is 0 Å².